The summed E-state index contributed by atoms with van der Waals surface area (Å²) >= 11 is 0. The van der Waals surface area contributed by atoms with E-state index in [1.54, 1.807) is 12.1 Å². The fourth-order valence-corrected chi connectivity index (χ4v) is 6.82. The first kappa shape index (κ1) is 24.6. The standard InChI is InChI=1S/C30H34N2O3S/c1-18(2)30(33)22-11-9-21(10-12-22)29-26-7-5-6-25(26)27-17-24(14-15-28(27)31-29)36(34,35)32-23-13-8-19(3)20(4)16-23/h8-18,25-26,29,31-32H,5-7H2,1-4H3/t25?,26-,29+/m1/s1. The Morgan fingerprint density at radius 1 is 0.944 bits per heavy atom. The fraction of sp³-hybridized carbons (Fsp3) is 0.367. The van der Waals surface area contributed by atoms with Crippen molar-refractivity contribution >= 4 is 27.2 Å². The summed E-state index contributed by atoms with van der Waals surface area (Å²) in [5, 5.41) is 3.70. The van der Waals surface area contributed by atoms with Crippen LogP contribution in [0.5, 0.6) is 0 Å². The van der Waals surface area contributed by atoms with E-state index in [1.807, 2.05) is 64.1 Å². The highest BCUT2D eigenvalue weighted by atomic mass is 32.2. The number of anilines is 2. The Morgan fingerprint density at radius 3 is 2.39 bits per heavy atom. The number of Topliss-reactive ketones (excluding diaryl/α,β-unsaturated/α-hetero) is 1. The molecule has 0 spiro atoms. The second kappa shape index (κ2) is 9.40. The molecule has 2 N–H and O–H groups in total. The summed E-state index contributed by atoms with van der Waals surface area (Å²) in [5.41, 5.74) is 6.75. The lowest BCUT2D eigenvalue weighted by Gasteiger charge is -2.38. The molecule has 0 bridgehead atoms. The molecule has 1 saturated carbocycles. The number of sulfonamides is 1. The second-order valence-electron chi connectivity index (χ2n) is 10.6. The lowest BCUT2D eigenvalue weighted by molar-refractivity contribution is 0.0939. The van der Waals surface area contributed by atoms with Crippen LogP contribution in [0.25, 0.3) is 0 Å². The molecule has 5 rings (SSSR count). The quantitative estimate of drug-likeness (QED) is 0.356. The molecule has 2 aliphatic rings. The zero-order valence-electron chi connectivity index (χ0n) is 21.3. The van der Waals surface area contributed by atoms with Crippen molar-refractivity contribution in [2.75, 3.05) is 10.0 Å². The topological polar surface area (TPSA) is 75.3 Å². The number of hydrogen-bond donors (Lipinski definition) is 2. The van der Waals surface area contributed by atoms with Gasteiger partial charge in [-0.2, -0.15) is 0 Å². The monoisotopic (exact) mass is 502 g/mol. The van der Waals surface area contributed by atoms with Crippen molar-refractivity contribution in [3.05, 3.63) is 88.5 Å². The lowest BCUT2D eigenvalue weighted by Crippen LogP contribution is -2.29. The number of aryl methyl sites for hydroxylation is 2. The first-order valence-corrected chi connectivity index (χ1v) is 14.3. The minimum atomic E-state index is -3.70. The summed E-state index contributed by atoms with van der Waals surface area (Å²) in [6.07, 6.45) is 3.26. The molecule has 0 saturated heterocycles. The number of carbonyl (C=O) groups excluding carboxylic acids is 1. The largest absolute Gasteiger partial charge is 0.378 e. The Balaban J connectivity index is 1.43. The fourth-order valence-electron chi connectivity index (χ4n) is 5.73. The van der Waals surface area contributed by atoms with Crippen molar-refractivity contribution in [1.82, 2.24) is 0 Å². The van der Waals surface area contributed by atoms with Crippen LogP contribution in [0.3, 0.4) is 0 Å². The van der Waals surface area contributed by atoms with Gasteiger partial charge in [-0.25, -0.2) is 8.42 Å². The summed E-state index contributed by atoms with van der Waals surface area (Å²) in [6, 6.07) is 19.2. The molecular formula is C30H34N2O3S. The highest BCUT2D eigenvalue weighted by Crippen LogP contribution is 2.53. The van der Waals surface area contributed by atoms with E-state index in [9.17, 15) is 13.2 Å². The van der Waals surface area contributed by atoms with E-state index < -0.39 is 10.0 Å². The van der Waals surface area contributed by atoms with Gasteiger partial charge in [-0.1, -0.05) is 50.6 Å². The van der Waals surface area contributed by atoms with Crippen LogP contribution in [0.15, 0.2) is 65.6 Å². The van der Waals surface area contributed by atoms with Crippen molar-refractivity contribution in [1.29, 1.82) is 0 Å². The molecule has 1 aliphatic heterocycles. The van der Waals surface area contributed by atoms with Crippen LogP contribution in [0.2, 0.25) is 0 Å². The SMILES string of the molecule is Cc1ccc(NS(=O)(=O)c2ccc3c(c2)C2CCC[C@H]2[C@H](c2ccc(C(=O)C(C)C)cc2)N3)cc1C. The van der Waals surface area contributed by atoms with E-state index in [4.69, 9.17) is 0 Å². The van der Waals surface area contributed by atoms with Gasteiger partial charge in [0.2, 0.25) is 0 Å². The number of nitrogens with one attached hydrogen (secondary N) is 2. The number of carbonyl (C=O) groups is 1. The van der Waals surface area contributed by atoms with Gasteiger partial charge in [-0.3, -0.25) is 9.52 Å². The maximum absolute atomic E-state index is 13.2. The van der Waals surface area contributed by atoms with E-state index in [1.165, 1.54) is 5.56 Å². The number of hydrogen-bond acceptors (Lipinski definition) is 4. The third kappa shape index (κ3) is 4.55. The van der Waals surface area contributed by atoms with Gasteiger partial charge in [0.05, 0.1) is 10.9 Å². The Labute approximate surface area is 214 Å². The first-order valence-electron chi connectivity index (χ1n) is 12.8. The summed E-state index contributed by atoms with van der Waals surface area (Å²) in [5.74, 6) is 0.824. The summed E-state index contributed by atoms with van der Waals surface area (Å²) in [4.78, 5) is 12.7. The average Bonchev–Trinajstić information content (AvgIpc) is 3.35. The van der Waals surface area contributed by atoms with Crippen LogP contribution in [0, 0.1) is 25.7 Å². The Bertz CT molecular complexity index is 1410. The van der Waals surface area contributed by atoms with Gasteiger partial charge >= 0.3 is 0 Å². The predicted molar refractivity (Wildman–Crippen MR) is 145 cm³/mol. The third-order valence-corrected chi connectivity index (χ3v) is 9.26. The van der Waals surface area contributed by atoms with Gasteiger partial charge in [0.15, 0.2) is 5.78 Å². The van der Waals surface area contributed by atoms with E-state index in [0.29, 0.717) is 22.4 Å². The molecule has 188 valence electrons. The Kier molecular flexibility index (Phi) is 6.41. The third-order valence-electron chi connectivity index (χ3n) is 7.88. The van der Waals surface area contributed by atoms with Gasteiger partial charge in [-0.15, -0.1) is 0 Å². The molecule has 36 heavy (non-hydrogen) atoms. The zero-order valence-corrected chi connectivity index (χ0v) is 22.2. The van der Waals surface area contributed by atoms with Crippen molar-refractivity contribution in [2.45, 2.75) is 63.8 Å². The van der Waals surface area contributed by atoms with Crippen LogP contribution in [0.4, 0.5) is 11.4 Å². The van der Waals surface area contributed by atoms with Crippen LogP contribution in [-0.4, -0.2) is 14.2 Å². The van der Waals surface area contributed by atoms with Crippen molar-refractivity contribution in [2.24, 2.45) is 11.8 Å². The normalized spacial score (nSPS) is 21.0. The predicted octanol–water partition coefficient (Wildman–Crippen LogP) is 6.99. The number of rotatable bonds is 6. The van der Waals surface area contributed by atoms with E-state index in [0.717, 1.165) is 47.2 Å². The molecule has 1 unspecified atom stereocenters. The summed E-state index contributed by atoms with van der Waals surface area (Å²) < 4.78 is 29.2. The minimum Gasteiger partial charge on any atom is -0.378 e. The molecule has 0 radical (unpaired) electrons. The maximum atomic E-state index is 13.2. The van der Waals surface area contributed by atoms with Gasteiger partial charge in [0.25, 0.3) is 10.0 Å². The van der Waals surface area contributed by atoms with E-state index >= 15 is 0 Å². The summed E-state index contributed by atoms with van der Waals surface area (Å²) in [6.45, 7) is 7.83. The maximum Gasteiger partial charge on any atom is 0.261 e. The lowest BCUT2D eigenvalue weighted by atomic mass is 9.77. The molecule has 0 amide bonds. The van der Waals surface area contributed by atoms with Crippen LogP contribution >= 0.6 is 0 Å². The molecule has 3 aromatic carbocycles. The van der Waals surface area contributed by atoms with Crippen LogP contribution in [-0.2, 0) is 10.0 Å². The van der Waals surface area contributed by atoms with E-state index in [-0.39, 0.29) is 17.7 Å². The average molecular weight is 503 g/mol. The van der Waals surface area contributed by atoms with Gasteiger partial charge in [0, 0.05) is 22.9 Å². The van der Waals surface area contributed by atoms with Crippen LogP contribution < -0.4 is 10.0 Å². The molecule has 1 aliphatic carbocycles. The molecule has 1 fully saturated rings. The van der Waals surface area contributed by atoms with E-state index in [2.05, 4.69) is 22.2 Å². The smallest absolute Gasteiger partial charge is 0.261 e. The van der Waals surface area contributed by atoms with Gasteiger partial charge in [-0.05, 0) is 91.1 Å². The molecule has 3 atom stereocenters. The van der Waals surface area contributed by atoms with Crippen molar-refractivity contribution in [3.8, 4) is 0 Å². The van der Waals surface area contributed by atoms with Crippen molar-refractivity contribution in [3.63, 3.8) is 0 Å². The minimum absolute atomic E-state index is 0.0234. The number of fused-ring (bicyclic) bond motifs is 3. The van der Waals surface area contributed by atoms with Crippen molar-refractivity contribution < 1.29 is 13.2 Å². The summed E-state index contributed by atoms with van der Waals surface area (Å²) in [7, 11) is -3.70. The zero-order chi connectivity index (χ0) is 25.6. The molecule has 3 aromatic rings. The highest BCUT2D eigenvalue weighted by molar-refractivity contribution is 7.92. The van der Waals surface area contributed by atoms with Gasteiger partial charge < -0.3 is 5.32 Å². The second-order valence-corrected chi connectivity index (χ2v) is 12.3. The first-order chi connectivity index (χ1) is 17.1. The molecule has 1 heterocycles. The molecular weight excluding hydrogens is 468 g/mol. The Hall–Kier alpha value is -3.12. The molecule has 0 aromatic heterocycles. The molecule has 6 heteroatoms. The van der Waals surface area contributed by atoms with Crippen LogP contribution in [0.1, 0.15) is 77.7 Å². The van der Waals surface area contributed by atoms with Gasteiger partial charge in [0.1, 0.15) is 0 Å². The molecule has 5 nitrogen and oxygen atoms in total. The highest BCUT2D eigenvalue weighted by Gasteiger charge is 2.40. The number of benzene rings is 3. The Morgan fingerprint density at radius 2 is 1.69 bits per heavy atom. The number of ketones is 1.